The average Bonchev–Trinajstić information content (AvgIpc) is 3.52. The van der Waals surface area contributed by atoms with E-state index in [4.69, 9.17) is 15.2 Å². The van der Waals surface area contributed by atoms with Crippen molar-refractivity contribution in [3.63, 3.8) is 0 Å². The molecule has 0 radical (unpaired) electrons. The van der Waals surface area contributed by atoms with Gasteiger partial charge >= 0.3 is 0 Å². The molecule has 0 bridgehead atoms. The van der Waals surface area contributed by atoms with Crippen molar-refractivity contribution in [2.45, 2.75) is 0 Å². The number of nitrogens with two attached hydrogens (primary N) is 1. The van der Waals surface area contributed by atoms with Crippen LogP contribution < -0.4 is 20.6 Å². The van der Waals surface area contributed by atoms with Crippen LogP contribution in [0.2, 0.25) is 0 Å². The Labute approximate surface area is 173 Å². The third-order valence-electron chi connectivity index (χ3n) is 4.29. The summed E-state index contributed by atoms with van der Waals surface area (Å²) in [5, 5.41) is 19.2. The second kappa shape index (κ2) is 7.55. The van der Waals surface area contributed by atoms with Gasteiger partial charge in [-0.3, -0.25) is 9.78 Å². The van der Waals surface area contributed by atoms with Gasteiger partial charge in [0.25, 0.3) is 5.91 Å². The molecule has 1 aliphatic rings. The van der Waals surface area contributed by atoms with Gasteiger partial charge in [-0.05, 0) is 34.6 Å². The van der Waals surface area contributed by atoms with E-state index >= 15 is 0 Å². The van der Waals surface area contributed by atoms with E-state index in [0.29, 0.717) is 22.6 Å². The van der Waals surface area contributed by atoms with Crippen molar-refractivity contribution in [3.05, 3.63) is 54.0 Å². The quantitative estimate of drug-likeness (QED) is 0.348. The smallest absolute Gasteiger partial charge is 0.294 e. The van der Waals surface area contributed by atoms with Crippen LogP contribution in [0.15, 0.2) is 52.5 Å². The molecule has 0 atom stereocenters. The molecule has 0 aliphatic carbocycles. The van der Waals surface area contributed by atoms with Crippen molar-refractivity contribution in [3.8, 4) is 28.6 Å². The van der Waals surface area contributed by atoms with Gasteiger partial charge in [0.05, 0.1) is 6.21 Å². The van der Waals surface area contributed by atoms with E-state index in [9.17, 15) is 4.79 Å². The summed E-state index contributed by atoms with van der Waals surface area (Å²) in [6.07, 6.45) is 4.69. The van der Waals surface area contributed by atoms with Gasteiger partial charge in [0.15, 0.2) is 17.2 Å². The zero-order chi connectivity index (χ0) is 21.2. The highest BCUT2D eigenvalue weighted by Gasteiger charge is 2.26. The summed E-state index contributed by atoms with van der Waals surface area (Å²) in [6, 6.07) is 8.67. The molecule has 0 fully saturated rings. The van der Waals surface area contributed by atoms with Gasteiger partial charge in [-0.15, -0.1) is 5.10 Å². The van der Waals surface area contributed by atoms with Crippen molar-refractivity contribution in [1.82, 2.24) is 35.7 Å². The second-order valence-corrected chi connectivity index (χ2v) is 6.23. The fourth-order valence-corrected chi connectivity index (χ4v) is 2.89. The molecular weight excluding hydrogens is 406 g/mol. The van der Waals surface area contributed by atoms with Gasteiger partial charge in [0.1, 0.15) is 5.69 Å². The number of fused-ring (bicyclic) bond motifs is 1. The number of nitrogens with zero attached hydrogens (tertiary/aromatic N) is 7. The summed E-state index contributed by atoms with van der Waals surface area (Å²) in [7, 11) is 0. The fourth-order valence-electron chi connectivity index (χ4n) is 2.89. The first-order valence-corrected chi connectivity index (χ1v) is 8.88. The van der Waals surface area contributed by atoms with E-state index in [1.807, 2.05) is 0 Å². The topological polar surface area (TPSA) is 168 Å². The normalized spacial score (nSPS) is 12.4. The van der Waals surface area contributed by atoms with Gasteiger partial charge in [-0.25, -0.2) is 10.1 Å². The van der Waals surface area contributed by atoms with E-state index in [1.54, 1.807) is 42.7 Å². The fraction of sp³-hybridized carbons (Fsp3) is 0.0556. The molecule has 1 aliphatic heterocycles. The Morgan fingerprint density at radius 1 is 1.23 bits per heavy atom. The Morgan fingerprint density at radius 2 is 2.13 bits per heavy atom. The SMILES string of the molecule is Nc1nonc1-n1nnc(C(=O)N/N=C/c2cccnc2)c1-c1ccc2c(c1)OCO2. The summed E-state index contributed by atoms with van der Waals surface area (Å²) in [5.74, 6) is 0.551. The number of hydrogen-bond acceptors (Lipinski definition) is 11. The third-order valence-corrected chi connectivity index (χ3v) is 4.29. The highest BCUT2D eigenvalue weighted by atomic mass is 16.7. The lowest BCUT2D eigenvalue weighted by Crippen LogP contribution is -2.19. The Bertz CT molecular complexity index is 1280. The Kier molecular flexibility index (Phi) is 4.44. The molecule has 13 heteroatoms. The lowest BCUT2D eigenvalue weighted by Gasteiger charge is -2.07. The number of rotatable bonds is 5. The van der Waals surface area contributed by atoms with Gasteiger partial charge in [-0.1, -0.05) is 11.3 Å². The van der Waals surface area contributed by atoms with Crippen LogP contribution >= 0.6 is 0 Å². The number of aromatic nitrogens is 6. The molecule has 1 amide bonds. The highest BCUT2D eigenvalue weighted by Crippen LogP contribution is 2.37. The third kappa shape index (κ3) is 3.39. The first-order valence-electron chi connectivity index (χ1n) is 8.88. The largest absolute Gasteiger partial charge is 0.454 e. The maximum Gasteiger partial charge on any atom is 0.294 e. The minimum atomic E-state index is -0.603. The molecule has 3 aromatic heterocycles. The summed E-state index contributed by atoms with van der Waals surface area (Å²) in [4.78, 5) is 16.8. The van der Waals surface area contributed by atoms with Crippen molar-refractivity contribution < 1.29 is 18.9 Å². The van der Waals surface area contributed by atoms with Crippen molar-refractivity contribution in [2.24, 2.45) is 5.10 Å². The lowest BCUT2D eigenvalue weighted by molar-refractivity contribution is 0.0950. The van der Waals surface area contributed by atoms with Crippen LogP contribution in [0.25, 0.3) is 17.1 Å². The molecule has 0 saturated heterocycles. The Morgan fingerprint density at radius 3 is 2.94 bits per heavy atom. The molecule has 4 heterocycles. The molecular formula is C18H13N9O4. The number of carbonyl (C=O) groups excluding carboxylic acids is 1. The molecule has 13 nitrogen and oxygen atoms in total. The minimum Gasteiger partial charge on any atom is -0.454 e. The van der Waals surface area contributed by atoms with Crippen LogP contribution in [0.1, 0.15) is 16.1 Å². The summed E-state index contributed by atoms with van der Waals surface area (Å²) in [6.45, 7) is 0.104. The van der Waals surface area contributed by atoms with Gasteiger partial charge < -0.3 is 15.2 Å². The van der Waals surface area contributed by atoms with E-state index < -0.39 is 5.91 Å². The summed E-state index contributed by atoms with van der Waals surface area (Å²) < 4.78 is 16.7. The van der Waals surface area contributed by atoms with Gasteiger partial charge in [0.2, 0.25) is 18.4 Å². The number of anilines is 1. The zero-order valence-corrected chi connectivity index (χ0v) is 15.7. The molecule has 0 spiro atoms. The highest BCUT2D eigenvalue weighted by molar-refractivity contribution is 5.99. The van der Waals surface area contributed by atoms with E-state index in [0.717, 1.165) is 0 Å². The summed E-state index contributed by atoms with van der Waals surface area (Å²) >= 11 is 0. The monoisotopic (exact) mass is 419 g/mol. The van der Waals surface area contributed by atoms with Crippen molar-refractivity contribution in [1.29, 1.82) is 0 Å². The van der Waals surface area contributed by atoms with E-state index in [2.05, 4.69) is 40.8 Å². The van der Waals surface area contributed by atoms with Crippen molar-refractivity contribution >= 4 is 17.9 Å². The first kappa shape index (κ1) is 18.2. The first-order chi connectivity index (χ1) is 15.2. The molecule has 154 valence electrons. The molecule has 4 aromatic rings. The van der Waals surface area contributed by atoms with Crippen LogP contribution in [-0.4, -0.2) is 49.2 Å². The number of ether oxygens (including phenoxy) is 2. The molecule has 5 rings (SSSR count). The number of carbonyl (C=O) groups is 1. The number of hydrogen-bond donors (Lipinski definition) is 2. The van der Waals surface area contributed by atoms with Crippen LogP contribution in [0.4, 0.5) is 5.82 Å². The minimum absolute atomic E-state index is 0.0200. The molecule has 1 aromatic carbocycles. The Hall–Kier alpha value is -4.81. The zero-order valence-electron chi connectivity index (χ0n) is 15.7. The number of benzene rings is 1. The average molecular weight is 419 g/mol. The van der Waals surface area contributed by atoms with E-state index in [-0.39, 0.29) is 29.8 Å². The van der Waals surface area contributed by atoms with Crippen LogP contribution in [0.5, 0.6) is 11.5 Å². The predicted molar refractivity (Wildman–Crippen MR) is 104 cm³/mol. The number of nitrogen functional groups attached to an aromatic ring is 1. The molecule has 31 heavy (non-hydrogen) atoms. The lowest BCUT2D eigenvalue weighted by atomic mass is 10.1. The molecule has 3 N–H and O–H groups in total. The predicted octanol–water partition coefficient (Wildman–Crippen LogP) is 0.787. The number of amides is 1. The van der Waals surface area contributed by atoms with E-state index in [1.165, 1.54) is 10.9 Å². The number of pyridine rings is 1. The molecule has 0 unspecified atom stereocenters. The van der Waals surface area contributed by atoms with Crippen LogP contribution in [0.3, 0.4) is 0 Å². The Balaban J connectivity index is 1.53. The number of hydrazone groups is 1. The second-order valence-electron chi connectivity index (χ2n) is 6.23. The number of nitrogens with one attached hydrogen (secondary N) is 1. The van der Waals surface area contributed by atoms with Gasteiger partial charge in [0, 0.05) is 23.5 Å². The maximum absolute atomic E-state index is 12.8. The van der Waals surface area contributed by atoms with Crippen LogP contribution in [-0.2, 0) is 0 Å². The summed E-state index contributed by atoms with van der Waals surface area (Å²) in [5.41, 5.74) is 9.76. The van der Waals surface area contributed by atoms with Crippen molar-refractivity contribution in [2.75, 3.05) is 12.5 Å². The van der Waals surface area contributed by atoms with Gasteiger partial charge in [-0.2, -0.15) is 9.78 Å². The standard InChI is InChI=1S/C18H13N9O4/c19-16-17(25-31-24-16)27-15(11-3-4-12-13(6-11)30-9-29-12)14(22-26-27)18(28)23-21-8-10-2-1-5-20-7-10/h1-8H,9H2,(H2,19,24)(H,23,28)/b21-8+. The van der Waals surface area contributed by atoms with Crippen LogP contribution in [0, 0.1) is 0 Å². The maximum atomic E-state index is 12.8. The molecule has 0 saturated carbocycles.